The Hall–Kier alpha value is -0.420. The molecule has 0 saturated carbocycles. The van der Waals surface area contributed by atoms with Crippen LogP contribution in [-0.4, -0.2) is 46.1 Å². The van der Waals surface area contributed by atoms with Crippen LogP contribution in [0.1, 0.15) is 47.5 Å². The van der Waals surface area contributed by atoms with Gasteiger partial charge in [-0.1, -0.05) is 6.92 Å². The molecule has 2 atom stereocenters. The number of amides is 1. The van der Waals surface area contributed by atoms with E-state index < -0.39 is 11.7 Å². The molecule has 5 heteroatoms. The number of rotatable bonds is 6. The van der Waals surface area contributed by atoms with Crippen molar-refractivity contribution in [3.8, 4) is 0 Å². The molecule has 0 aromatic heterocycles. The molecule has 0 rings (SSSR count). The second-order valence-electron chi connectivity index (χ2n) is 5.59. The van der Waals surface area contributed by atoms with Crippen LogP contribution in [0.15, 0.2) is 0 Å². The average molecular weight is 277 g/mol. The standard InChI is InChI=1S/C13H27NO3S/c1-6-14(12(16)17-13(3,4)5)8-7-11(15)9-10(2)18/h10-11,15,18H,6-9H2,1-5H3. The molecule has 0 radical (unpaired) electrons. The highest BCUT2D eigenvalue weighted by Crippen LogP contribution is 2.12. The Balaban J connectivity index is 4.15. The predicted octanol–water partition coefficient (Wildman–Crippen LogP) is 2.70. The van der Waals surface area contributed by atoms with E-state index in [0.29, 0.717) is 25.9 Å². The van der Waals surface area contributed by atoms with Gasteiger partial charge in [-0.25, -0.2) is 4.79 Å². The molecule has 0 bridgehead atoms. The van der Waals surface area contributed by atoms with Gasteiger partial charge in [0.1, 0.15) is 5.60 Å². The number of carbonyl (C=O) groups is 1. The summed E-state index contributed by atoms with van der Waals surface area (Å²) in [5.74, 6) is 0. The van der Waals surface area contributed by atoms with Crippen LogP contribution in [0.4, 0.5) is 4.79 Å². The van der Waals surface area contributed by atoms with E-state index in [4.69, 9.17) is 4.74 Å². The van der Waals surface area contributed by atoms with E-state index in [9.17, 15) is 9.90 Å². The maximum atomic E-state index is 11.8. The Morgan fingerprint density at radius 3 is 2.39 bits per heavy atom. The van der Waals surface area contributed by atoms with Crippen molar-refractivity contribution in [1.29, 1.82) is 0 Å². The van der Waals surface area contributed by atoms with Crippen LogP contribution in [0.3, 0.4) is 0 Å². The highest BCUT2D eigenvalue weighted by Gasteiger charge is 2.21. The summed E-state index contributed by atoms with van der Waals surface area (Å²) in [5.41, 5.74) is -0.483. The van der Waals surface area contributed by atoms with Crippen molar-refractivity contribution in [1.82, 2.24) is 4.90 Å². The Bertz CT molecular complexity index is 251. The molecule has 2 unspecified atom stereocenters. The molecule has 0 aromatic rings. The Morgan fingerprint density at radius 2 is 2.00 bits per heavy atom. The second-order valence-corrected chi connectivity index (χ2v) is 6.47. The zero-order valence-electron chi connectivity index (χ0n) is 12.1. The van der Waals surface area contributed by atoms with Gasteiger partial charge in [-0.3, -0.25) is 0 Å². The Kier molecular flexibility index (Phi) is 7.71. The van der Waals surface area contributed by atoms with Crippen LogP contribution in [0.5, 0.6) is 0 Å². The van der Waals surface area contributed by atoms with Gasteiger partial charge in [-0.05, 0) is 40.5 Å². The molecule has 108 valence electrons. The number of ether oxygens (including phenoxy) is 1. The van der Waals surface area contributed by atoms with E-state index in [-0.39, 0.29) is 11.3 Å². The lowest BCUT2D eigenvalue weighted by Crippen LogP contribution is -2.38. The molecule has 0 aliphatic rings. The lowest BCUT2D eigenvalue weighted by molar-refractivity contribution is 0.0231. The molecule has 4 nitrogen and oxygen atoms in total. The van der Waals surface area contributed by atoms with E-state index in [1.54, 1.807) is 4.90 Å². The molecule has 0 saturated heterocycles. The van der Waals surface area contributed by atoms with Gasteiger partial charge in [0.15, 0.2) is 0 Å². The zero-order chi connectivity index (χ0) is 14.3. The molecule has 0 heterocycles. The fourth-order valence-corrected chi connectivity index (χ4v) is 1.76. The van der Waals surface area contributed by atoms with Crippen LogP contribution in [0.2, 0.25) is 0 Å². The normalized spacial score (nSPS) is 15.1. The number of hydrogen-bond donors (Lipinski definition) is 2. The van der Waals surface area contributed by atoms with Crippen LogP contribution < -0.4 is 0 Å². The summed E-state index contributed by atoms with van der Waals surface area (Å²) in [6.45, 7) is 10.5. The second kappa shape index (κ2) is 7.89. The maximum absolute atomic E-state index is 11.8. The molecule has 0 aliphatic carbocycles. The van der Waals surface area contributed by atoms with Gasteiger partial charge in [0, 0.05) is 18.3 Å². The molecular formula is C13H27NO3S. The van der Waals surface area contributed by atoms with Crippen LogP contribution >= 0.6 is 12.6 Å². The van der Waals surface area contributed by atoms with Gasteiger partial charge >= 0.3 is 6.09 Å². The highest BCUT2D eigenvalue weighted by molar-refractivity contribution is 7.80. The van der Waals surface area contributed by atoms with Crippen molar-refractivity contribution in [2.45, 2.75) is 64.4 Å². The maximum Gasteiger partial charge on any atom is 0.410 e. The number of aliphatic hydroxyl groups is 1. The van der Waals surface area contributed by atoms with Crippen molar-refractivity contribution in [3.63, 3.8) is 0 Å². The Morgan fingerprint density at radius 1 is 1.44 bits per heavy atom. The first-order valence-electron chi connectivity index (χ1n) is 6.49. The Labute approximate surface area is 116 Å². The van der Waals surface area contributed by atoms with E-state index in [1.807, 2.05) is 34.6 Å². The van der Waals surface area contributed by atoms with Crippen LogP contribution in [-0.2, 0) is 4.74 Å². The first-order chi connectivity index (χ1) is 8.15. The van der Waals surface area contributed by atoms with Crippen LogP contribution in [0.25, 0.3) is 0 Å². The first kappa shape index (κ1) is 17.6. The zero-order valence-corrected chi connectivity index (χ0v) is 13.0. The number of hydrogen-bond acceptors (Lipinski definition) is 4. The molecule has 0 spiro atoms. The minimum atomic E-state index is -0.483. The van der Waals surface area contributed by atoms with Crippen molar-refractivity contribution >= 4 is 18.7 Å². The van der Waals surface area contributed by atoms with Crippen molar-refractivity contribution in [2.75, 3.05) is 13.1 Å². The van der Waals surface area contributed by atoms with Gasteiger partial charge in [-0.2, -0.15) is 12.6 Å². The molecule has 0 fully saturated rings. The summed E-state index contributed by atoms with van der Waals surface area (Å²) in [7, 11) is 0. The van der Waals surface area contributed by atoms with Gasteiger partial charge in [-0.15, -0.1) is 0 Å². The fraction of sp³-hybridized carbons (Fsp3) is 0.923. The van der Waals surface area contributed by atoms with Crippen molar-refractivity contribution in [3.05, 3.63) is 0 Å². The SMILES string of the molecule is CCN(CCC(O)CC(C)S)C(=O)OC(C)(C)C. The van der Waals surface area contributed by atoms with Crippen LogP contribution in [0, 0.1) is 0 Å². The largest absolute Gasteiger partial charge is 0.444 e. The number of nitrogens with zero attached hydrogens (tertiary/aromatic N) is 1. The van der Waals surface area contributed by atoms with Crippen molar-refractivity contribution < 1.29 is 14.6 Å². The van der Waals surface area contributed by atoms with E-state index in [0.717, 1.165) is 0 Å². The van der Waals surface area contributed by atoms with Gasteiger partial charge in [0.05, 0.1) is 6.10 Å². The fourth-order valence-electron chi connectivity index (χ4n) is 1.52. The topological polar surface area (TPSA) is 49.8 Å². The summed E-state index contributed by atoms with van der Waals surface area (Å²) < 4.78 is 5.29. The number of thiol groups is 1. The monoisotopic (exact) mass is 277 g/mol. The van der Waals surface area contributed by atoms with Gasteiger partial charge < -0.3 is 14.7 Å². The predicted molar refractivity (Wildman–Crippen MR) is 77.2 cm³/mol. The summed E-state index contributed by atoms with van der Waals surface area (Å²) >= 11 is 4.24. The third-order valence-electron chi connectivity index (χ3n) is 2.38. The molecule has 18 heavy (non-hydrogen) atoms. The molecule has 0 aliphatic heterocycles. The van der Waals surface area contributed by atoms with Gasteiger partial charge in [0.2, 0.25) is 0 Å². The van der Waals surface area contributed by atoms with Crippen molar-refractivity contribution in [2.24, 2.45) is 0 Å². The average Bonchev–Trinajstić information content (AvgIpc) is 2.14. The smallest absolute Gasteiger partial charge is 0.410 e. The van der Waals surface area contributed by atoms with Gasteiger partial charge in [0.25, 0.3) is 0 Å². The molecular weight excluding hydrogens is 250 g/mol. The lowest BCUT2D eigenvalue weighted by Gasteiger charge is -2.27. The highest BCUT2D eigenvalue weighted by atomic mass is 32.1. The number of carbonyl (C=O) groups excluding carboxylic acids is 1. The van der Waals surface area contributed by atoms with E-state index in [2.05, 4.69) is 12.6 Å². The summed E-state index contributed by atoms with van der Waals surface area (Å²) in [6, 6.07) is 0. The minimum Gasteiger partial charge on any atom is -0.444 e. The van der Waals surface area contributed by atoms with E-state index >= 15 is 0 Å². The minimum absolute atomic E-state index is 0.164. The summed E-state index contributed by atoms with van der Waals surface area (Å²) in [5, 5.41) is 9.91. The molecule has 1 N–H and O–H groups in total. The summed E-state index contributed by atoms with van der Waals surface area (Å²) in [4.78, 5) is 13.4. The third kappa shape index (κ3) is 8.64. The number of aliphatic hydroxyl groups excluding tert-OH is 1. The summed E-state index contributed by atoms with van der Waals surface area (Å²) in [6.07, 6.45) is 0.442. The third-order valence-corrected chi connectivity index (χ3v) is 2.59. The first-order valence-corrected chi connectivity index (χ1v) is 7.01. The molecule has 1 amide bonds. The quantitative estimate of drug-likeness (QED) is 0.734. The lowest BCUT2D eigenvalue weighted by atomic mass is 10.1. The van der Waals surface area contributed by atoms with E-state index in [1.165, 1.54) is 0 Å². The molecule has 0 aromatic carbocycles.